The van der Waals surface area contributed by atoms with Gasteiger partial charge in [0.25, 0.3) is 0 Å². The standard InChI is InChI=1S/C9H20S7/c10-1-3-15-8(5-12)6-14-7-9(13)16-4-2-11/h8-13H,1-7H2. The molecule has 0 saturated heterocycles. The van der Waals surface area contributed by atoms with Crippen LogP contribution in [0.5, 0.6) is 0 Å². The molecule has 0 radical (unpaired) electrons. The van der Waals surface area contributed by atoms with E-state index in [1.165, 1.54) is 5.75 Å². The van der Waals surface area contributed by atoms with Crippen LogP contribution < -0.4 is 0 Å². The summed E-state index contributed by atoms with van der Waals surface area (Å²) in [6.45, 7) is 0. The molecule has 0 aromatic heterocycles. The minimum absolute atomic E-state index is 0.438. The normalized spacial score (nSPS) is 15.0. The van der Waals surface area contributed by atoms with Gasteiger partial charge in [-0.05, 0) is 11.5 Å². The van der Waals surface area contributed by atoms with E-state index in [1.807, 2.05) is 35.3 Å². The van der Waals surface area contributed by atoms with Crippen LogP contribution in [-0.2, 0) is 0 Å². The fraction of sp³-hybridized carbons (Fsp3) is 1.00. The second-order valence-electron chi connectivity index (χ2n) is 2.99. The van der Waals surface area contributed by atoms with Crippen molar-refractivity contribution in [1.29, 1.82) is 0 Å². The number of hydrogen-bond acceptors (Lipinski definition) is 7. The van der Waals surface area contributed by atoms with Gasteiger partial charge in [-0.15, -0.1) is 11.8 Å². The summed E-state index contributed by atoms with van der Waals surface area (Å²) in [6, 6.07) is 0. The molecule has 0 rings (SSSR count). The van der Waals surface area contributed by atoms with Crippen LogP contribution in [0.1, 0.15) is 0 Å². The Labute approximate surface area is 135 Å². The van der Waals surface area contributed by atoms with Crippen LogP contribution >= 0.6 is 85.8 Å². The molecule has 2 unspecified atom stereocenters. The van der Waals surface area contributed by atoms with E-state index >= 15 is 0 Å². The Morgan fingerprint density at radius 2 is 1.50 bits per heavy atom. The quantitative estimate of drug-likeness (QED) is 0.332. The molecule has 0 aliphatic rings. The van der Waals surface area contributed by atoms with Gasteiger partial charge in [-0.1, -0.05) is 0 Å². The van der Waals surface area contributed by atoms with Crippen molar-refractivity contribution < 1.29 is 0 Å². The van der Waals surface area contributed by atoms with Crippen LogP contribution in [-0.4, -0.2) is 50.1 Å². The Bertz CT molecular complexity index is 144. The molecule has 0 aromatic carbocycles. The lowest BCUT2D eigenvalue weighted by molar-refractivity contribution is 1.15. The van der Waals surface area contributed by atoms with Crippen LogP contribution in [0, 0.1) is 0 Å². The summed E-state index contributed by atoms with van der Waals surface area (Å²) in [5.74, 6) is 7.31. The number of rotatable bonds is 11. The van der Waals surface area contributed by atoms with E-state index in [0.29, 0.717) is 9.83 Å². The van der Waals surface area contributed by atoms with Crippen molar-refractivity contribution in [1.82, 2.24) is 0 Å². The van der Waals surface area contributed by atoms with Gasteiger partial charge in [0.1, 0.15) is 0 Å². The minimum Gasteiger partial charge on any atom is -0.179 e. The summed E-state index contributed by atoms with van der Waals surface area (Å²) < 4.78 is 0.438. The fourth-order valence-corrected chi connectivity index (χ4v) is 5.78. The Kier molecular flexibility index (Phi) is 16.0. The van der Waals surface area contributed by atoms with E-state index in [-0.39, 0.29) is 0 Å². The van der Waals surface area contributed by atoms with E-state index in [1.54, 1.807) is 0 Å². The zero-order valence-corrected chi connectivity index (χ0v) is 15.1. The van der Waals surface area contributed by atoms with Gasteiger partial charge in [0.05, 0.1) is 4.58 Å². The van der Waals surface area contributed by atoms with E-state index in [0.717, 1.165) is 34.5 Å². The molecule has 0 saturated carbocycles. The predicted molar refractivity (Wildman–Crippen MR) is 100 cm³/mol. The van der Waals surface area contributed by atoms with Gasteiger partial charge in [-0.25, -0.2) is 0 Å². The number of thiol groups is 4. The number of thioether (sulfide) groups is 3. The summed E-state index contributed by atoms with van der Waals surface area (Å²) in [4.78, 5) is 0. The molecule has 0 aliphatic carbocycles. The Morgan fingerprint density at radius 3 is 2.06 bits per heavy atom. The van der Waals surface area contributed by atoms with Crippen molar-refractivity contribution in [2.45, 2.75) is 9.83 Å². The predicted octanol–water partition coefficient (Wildman–Crippen LogP) is 3.60. The third-order valence-corrected chi connectivity index (χ3v) is 8.10. The molecule has 0 amide bonds. The van der Waals surface area contributed by atoms with Gasteiger partial charge in [0.2, 0.25) is 0 Å². The van der Waals surface area contributed by atoms with Crippen molar-refractivity contribution in [3.63, 3.8) is 0 Å². The summed E-state index contributed by atoms with van der Waals surface area (Å²) in [5.41, 5.74) is 0. The van der Waals surface area contributed by atoms with Crippen LogP contribution in [0.3, 0.4) is 0 Å². The third-order valence-electron chi connectivity index (χ3n) is 1.61. The van der Waals surface area contributed by atoms with Crippen molar-refractivity contribution in [3.05, 3.63) is 0 Å². The molecule has 0 fully saturated rings. The fourth-order valence-electron chi connectivity index (χ4n) is 0.910. The van der Waals surface area contributed by atoms with Crippen molar-refractivity contribution in [3.8, 4) is 0 Å². The molecule has 7 heteroatoms. The maximum absolute atomic E-state index is 4.54. The molecular weight excluding hydrogens is 333 g/mol. The summed E-state index contributed by atoms with van der Waals surface area (Å²) in [6.07, 6.45) is 0. The summed E-state index contributed by atoms with van der Waals surface area (Å²) in [5, 5.41) is 0.649. The molecule has 0 bridgehead atoms. The highest BCUT2D eigenvalue weighted by Gasteiger charge is 2.09. The average Bonchev–Trinajstić information content (AvgIpc) is 2.30. The first kappa shape index (κ1) is 18.4. The molecule has 0 aromatic rings. The Hall–Kier alpha value is 2.45. The first-order valence-electron chi connectivity index (χ1n) is 5.06. The molecule has 0 heterocycles. The molecule has 0 aliphatic heterocycles. The van der Waals surface area contributed by atoms with Crippen LogP contribution in [0.4, 0.5) is 0 Å². The molecule has 98 valence electrons. The van der Waals surface area contributed by atoms with Gasteiger partial charge >= 0.3 is 0 Å². The Morgan fingerprint density at radius 1 is 0.875 bits per heavy atom. The lowest BCUT2D eigenvalue weighted by atomic mass is 10.5. The lowest BCUT2D eigenvalue weighted by Gasteiger charge is -2.14. The molecule has 0 N–H and O–H groups in total. The first-order chi connectivity index (χ1) is 7.74. The molecular formula is C9H20S7. The monoisotopic (exact) mass is 352 g/mol. The largest absolute Gasteiger partial charge is 0.179 e. The average molecular weight is 353 g/mol. The van der Waals surface area contributed by atoms with Gasteiger partial charge in [-0.2, -0.15) is 74.0 Å². The summed E-state index contributed by atoms with van der Waals surface area (Å²) in [7, 11) is 0. The third kappa shape index (κ3) is 11.5. The topological polar surface area (TPSA) is 0 Å². The van der Waals surface area contributed by atoms with Crippen molar-refractivity contribution in [2.24, 2.45) is 0 Å². The zero-order chi connectivity index (χ0) is 12.2. The summed E-state index contributed by atoms with van der Waals surface area (Å²) >= 11 is 23.2. The van der Waals surface area contributed by atoms with Gasteiger partial charge in [-0.3, -0.25) is 0 Å². The molecule has 0 nitrogen and oxygen atoms in total. The van der Waals surface area contributed by atoms with Gasteiger partial charge in [0, 0.05) is 34.0 Å². The maximum atomic E-state index is 4.54. The second kappa shape index (κ2) is 13.9. The first-order valence-corrected chi connectivity index (χ1v) is 10.7. The van der Waals surface area contributed by atoms with Gasteiger partial charge < -0.3 is 0 Å². The molecule has 16 heavy (non-hydrogen) atoms. The zero-order valence-electron chi connectivity index (χ0n) is 9.12. The van der Waals surface area contributed by atoms with E-state index < -0.39 is 0 Å². The minimum atomic E-state index is 0.438. The lowest BCUT2D eigenvalue weighted by Crippen LogP contribution is -2.11. The van der Waals surface area contributed by atoms with Gasteiger partial charge in [0.15, 0.2) is 0 Å². The highest BCUT2D eigenvalue weighted by molar-refractivity contribution is 8.12. The maximum Gasteiger partial charge on any atom is 0.0562 e. The van der Waals surface area contributed by atoms with E-state index in [2.05, 4.69) is 50.5 Å². The van der Waals surface area contributed by atoms with E-state index in [9.17, 15) is 0 Å². The highest BCUT2D eigenvalue weighted by atomic mass is 32.2. The molecule has 2 atom stereocenters. The Balaban J connectivity index is 3.45. The SMILES string of the molecule is SCCSC(S)CSCC(CS)SCCS. The van der Waals surface area contributed by atoms with E-state index in [4.69, 9.17) is 0 Å². The second-order valence-corrected chi connectivity index (χ2v) is 9.01. The highest BCUT2D eigenvalue weighted by Crippen LogP contribution is 2.23. The molecule has 0 spiro atoms. The van der Waals surface area contributed by atoms with Crippen LogP contribution in [0.25, 0.3) is 0 Å². The van der Waals surface area contributed by atoms with Crippen molar-refractivity contribution in [2.75, 3.05) is 40.3 Å². The van der Waals surface area contributed by atoms with Crippen molar-refractivity contribution >= 4 is 85.8 Å². The van der Waals surface area contributed by atoms with Crippen LogP contribution in [0.2, 0.25) is 0 Å². The smallest absolute Gasteiger partial charge is 0.0562 e. The number of hydrogen-bond donors (Lipinski definition) is 4. The van der Waals surface area contributed by atoms with Crippen LogP contribution in [0.15, 0.2) is 0 Å².